The molecular formula is HF2LiO3P+. The van der Waals surface area contributed by atoms with Crippen LogP contribution in [-0.2, 0) is 14.0 Å². The zero-order valence-corrected chi connectivity index (χ0v) is 4.32. The Morgan fingerprint density at radius 3 is 1.71 bits per heavy atom. The van der Waals surface area contributed by atoms with Gasteiger partial charge in [-0.15, -0.1) is 0 Å². The summed E-state index contributed by atoms with van der Waals surface area (Å²) >= 11 is 0. The van der Waals surface area contributed by atoms with E-state index in [-0.39, 0.29) is 20.3 Å². The Bertz CT molecular complexity index is 55.2. The van der Waals surface area contributed by atoms with Gasteiger partial charge in [0.05, 0.1) is 0 Å². The Hall–Kier alpha value is 0.477. The van der Waals surface area contributed by atoms with E-state index in [0.717, 1.165) is 0 Å². The first-order valence-corrected chi connectivity index (χ1v) is 1.95. The largest absolute Gasteiger partial charge is 1.00 e. The minimum atomic E-state index is -3.16. The van der Waals surface area contributed by atoms with Gasteiger partial charge in [0.2, 0.25) is 0 Å². The second-order valence-corrected chi connectivity index (χ2v) is 1.08. The van der Waals surface area contributed by atoms with Crippen molar-refractivity contribution in [1.29, 1.82) is 0 Å². The van der Waals surface area contributed by atoms with Crippen molar-refractivity contribution in [3.63, 3.8) is 0 Å². The molecule has 0 atom stereocenters. The van der Waals surface area contributed by atoms with Crippen molar-refractivity contribution in [2.75, 3.05) is 0 Å². The topological polar surface area (TPSA) is 35.5 Å². The van der Waals surface area contributed by atoms with Crippen LogP contribution < -0.4 is 18.9 Å². The van der Waals surface area contributed by atoms with Gasteiger partial charge in [0.15, 0.2) is 0 Å². The molecule has 0 aromatic carbocycles. The standard InChI is InChI=1S/F2O3P.Li.H/c1-4-6(3)5-2;;/q2*+1;-1. The molecule has 0 radical (unpaired) electrons. The van der Waals surface area contributed by atoms with E-state index in [1.807, 2.05) is 0 Å². The molecule has 0 rings (SSSR count). The maximum Gasteiger partial charge on any atom is 1.00 e. The van der Waals surface area contributed by atoms with Crippen LogP contribution in [0, 0.1) is 0 Å². The average Bonchev–Trinajstić information content (AvgIpc) is 1.65. The fourth-order valence-corrected chi connectivity index (χ4v) is 0.0319. The first kappa shape index (κ1) is 10.5. The molecule has 0 aliphatic rings. The van der Waals surface area contributed by atoms with Gasteiger partial charge >= 0.3 is 27.1 Å². The molecule has 0 spiro atoms. The summed E-state index contributed by atoms with van der Waals surface area (Å²) in [6.07, 6.45) is 0. The zero-order chi connectivity index (χ0) is 4.99. The summed E-state index contributed by atoms with van der Waals surface area (Å²) in [6.45, 7) is 0. The minimum absolute atomic E-state index is 0. The summed E-state index contributed by atoms with van der Waals surface area (Å²) in [4.78, 5) is 0. The molecule has 0 saturated heterocycles. The maximum atomic E-state index is 10.2. The van der Waals surface area contributed by atoms with Crippen LogP contribution in [0.5, 0.6) is 0 Å². The quantitative estimate of drug-likeness (QED) is 0.335. The van der Waals surface area contributed by atoms with Crippen molar-refractivity contribution in [1.82, 2.24) is 0 Å². The van der Waals surface area contributed by atoms with E-state index in [9.17, 15) is 9.05 Å². The molecule has 0 bridgehead atoms. The smallest absolute Gasteiger partial charge is 1.00 e. The van der Waals surface area contributed by atoms with Crippen LogP contribution in [0.4, 0.5) is 9.05 Å². The van der Waals surface area contributed by atoms with Crippen molar-refractivity contribution < 1.29 is 43.4 Å². The Kier molecular flexibility index (Phi) is 9.68. The van der Waals surface area contributed by atoms with Crippen LogP contribution in [-0.4, -0.2) is 0 Å². The summed E-state index contributed by atoms with van der Waals surface area (Å²) in [7, 11) is -3.16. The van der Waals surface area contributed by atoms with Gasteiger partial charge in [-0.3, -0.25) is 0 Å². The predicted octanol–water partition coefficient (Wildman–Crippen LogP) is -1.44. The monoisotopic (exact) mass is 125 g/mol. The summed E-state index contributed by atoms with van der Waals surface area (Å²) in [5.41, 5.74) is 0. The third-order valence-electron chi connectivity index (χ3n) is 0.113. The SMILES string of the molecule is O=[P+](OF)OF.[H-].[Li+]. The molecule has 0 aliphatic carbocycles. The van der Waals surface area contributed by atoms with Gasteiger partial charge in [0.1, 0.15) is 9.46 Å². The summed E-state index contributed by atoms with van der Waals surface area (Å²) in [5.74, 6) is 0. The molecule has 0 unspecified atom stereocenters. The van der Waals surface area contributed by atoms with Gasteiger partial charge in [-0.1, -0.05) is 0 Å². The van der Waals surface area contributed by atoms with E-state index >= 15 is 0 Å². The molecule has 0 aromatic rings. The Morgan fingerprint density at radius 2 is 1.71 bits per heavy atom. The number of hydrogen-bond donors (Lipinski definition) is 0. The number of rotatable bonds is 2. The van der Waals surface area contributed by atoms with Crippen molar-refractivity contribution >= 4 is 8.25 Å². The first-order chi connectivity index (χ1) is 2.81. The second-order valence-electron chi connectivity index (χ2n) is 0.362. The van der Waals surface area contributed by atoms with Gasteiger partial charge in [-0.05, 0) is 0 Å². The van der Waals surface area contributed by atoms with Crippen LogP contribution in [0.2, 0.25) is 0 Å². The zero-order valence-electron chi connectivity index (χ0n) is 4.43. The van der Waals surface area contributed by atoms with Gasteiger partial charge in [-0.25, -0.2) is 0 Å². The van der Waals surface area contributed by atoms with E-state index in [1.54, 1.807) is 0 Å². The summed E-state index contributed by atoms with van der Waals surface area (Å²) < 4.78 is 34.2. The van der Waals surface area contributed by atoms with Gasteiger partial charge in [-0.2, -0.15) is 0 Å². The van der Waals surface area contributed by atoms with Crippen LogP contribution >= 0.6 is 8.25 Å². The molecule has 7 heteroatoms. The minimum Gasteiger partial charge on any atom is -1.00 e. The Morgan fingerprint density at radius 1 is 1.43 bits per heavy atom. The molecule has 0 saturated carbocycles. The van der Waals surface area contributed by atoms with Crippen LogP contribution in [0.3, 0.4) is 0 Å². The van der Waals surface area contributed by atoms with Gasteiger partial charge in [0.25, 0.3) is 0 Å². The molecule has 0 amide bonds. The molecule has 0 fully saturated rings. The maximum absolute atomic E-state index is 10.2. The van der Waals surface area contributed by atoms with Crippen molar-refractivity contribution in [3.8, 4) is 0 Å². The van der Waals surface area contributed by atoms with Crippen LogP contribution in [0.1, 0.15) is 1.43 Å². The first-order valence-electron chi connectivity index (χ1n) is 0.856. The van der Waals surface area contributed by atoms with Crippen molar-refractivity contribution in [3.05, 3.63) is 0 Å². The summed E-state index contributed by atoms with van der Waals surface area (Å²) in [5, 5.41) is 0. The van der Waals surface area contributed by atoms with Gasteiger partial charge < -0.3 is 1.43 Å². The van der Waals surface area contributed by atoms with Crippen LogP contribution in [0.25, 0.3) is 0 Å². The molecule has 0 aliphatic heterocycles. The summed E-state index contributed by atoms with van der Waals surface area (Å²) in [6, 6.07) is 0. The molecule has 0 heterocycles. The Balaban J connectivity index is -0.000000125. The van der Waals surface area contributed by atoms with E-state index in [0.29, 0.717) is 0 Å². The second kappa shape index (κ2) is 6.48. The fourth-order valence-electron chi connectivity index (χ4n) is 0.0106. The number of hydrogen-bond acceptors (Lipinski definition) is 3. The average molecular weight is 125 g/mol. The normalized spacial score (nSPS) is 7.14. The predicted molar refractivity (Wildman–Crippen MR) is 13.1 cm³/mol. The molecule has 0 N–H and O–H groups in total. The van der Waals surface area contributed by atoms with E-state index in [2.05, 4.69) is 9.46 Å². The number of halogens is 2. The van der Waals surface area contributed by atoms with E-state index < -0.39 is 8.25 Å². The van der Waals surface area contributed by atoms with Crippen molar-refractivity contribution in [2.24, 2.45) is 0 Å². The van der Waals surface area contributed by atoms with E-state index in [1.165, 1.54) is 0 Å². The fraction of sp³-hybridized carbons (Fsp3) is 0. The third-order valence-corrected chi connectivity index (χ3v) is 0.338. The molecule has 38 valence electrons. The van der Waals surface area contributed by atoms with Crippen molar-refractivity contribution in [2.45, 2.75) is 0 Å². The van der Waals surface area contributed by atoms with E-state index in [4.69, 9.17) is 4.57 Å². The van der Waals surface area contributed by atoms with Gasteiger partial charge in [0, 0.05) is 13.6 Å². The third kappa shape index (κ3) is 6.48. The Labute approximate surface area is 52.4 Å². The van der Waals surface area contributed by atoms with Crippen LogP contribution in [0.15, 0.2) is 0 Å². The molecular weight excluding hydrogens is 124 g/mol. The molecule has 7 heavy (non-hydrogen) atoms. The molecule has 3 nitrogen and oxygen atoms in total. The molecule has 0 aromatic heterocycles.